The predicted molar refractivity (Wildman–Crippen MR) is 105 cm³/mol. The summed E-state index contributed by atoms with van der Waals surface area (Å²) in [5, 5.41) is 8.60. The highest BCUT2D eigenvalue weighted by Gasteiger charge is 2.22. The lowest BCUT2D eigenvalue weighted by Crippen LogP contribution is -2.07. The van der Waals surface area contributed by atoms with E-state index in [0.29, 0.717) is 0 Å². The Morgan fingerprint density at radius 3 is 2.71 bits per heavy atom. The molecule has 0 aliphatic carbocycles. The minimum atomic E-state index is 1.01. The molecule has 3 nitrogen and oxygen atoms in total. The van der Waals surface area contributed by atoms with Crippen molar-refractivity contribution in [2.45, 2.75) is 32.6 Å². The van der Waals surface area contributed by atoms with E-state index in [0.717, 1.165) is 40.4 Å². The van der Waals surface area contributed by atoms with Crippen LogP contribution < -0.4 is 5.32 Å². The molecule has 0 bridgehead atoms. The largest absolute Gasteiger partial charge is 0.370 e. The van der Waals surface area contributed by atoms with Gasteiger partial charge in [0.1, 0.15) is 11.5 Å². The average molecular weight is 402 g/mol. The third-order valence-corrected chi connectivity index (χ3v) is 6.16. The number of nitrogens with one attached hydrogen (secondary N) is 1. The second-order valence-electron chi connectivity index (χ2n) is 6.10. The molecule has 1 aromatic carbocycles. The molecule has 0 unspecified atom stereocenters. The van der Waals surface area contributed by atoms with Crippen LogP contribution in [0.2, 0.25) is 0 Å². The first-order chi connectivity index (χ1) is 11.8. The van der Waals surface area contributed by atoms with E-state index < -0.39 is 0 Å². The quantitative estimate of drug-likeness (QED) is 0.611. The summed E-state index contributed by atoms with van der Waals surface area (Å²) in [6, 6.07) is 13.0. The average Bonchev–Trinajstić information content (AvgIpc) is 3.10. The van der Waals surface area contributed by atoms with Gasteiger partial charge in [-0.2, -0.15) is 5.10 Å². The van der Waals surface area contributed by atoms with Gasteiger partial charge in [-0.15, -0.1) is 11.3 Å². The van der Waals surface area contributed by atoms with Crippen molar-refractivity contribution < 1.29 is 0 Å². The minimum absolute atomic E-state index is 1.01. The van der Waals surface area contributed by atoms with E-state index in [-0.39, 0.29) is 0 Å². The van der Waals surface area contributed by atoms with Gasteiger partial charge in [-0.05, 0) is 71.4 Å². The van der Waals surface area contributed by atoms with Gasteiger partial charge in [0.2, 0.25) is 0 Å². The first-order valence-electron chi connectivity index (χ1n) is 8.47. The van der Waals surface area contributed by atoms with Crippen LogP contribution in [-0.4, -0.2) is 16.3 Å². The number of fused-ring (bicyclic) bond motifs is 1. The number of thiophene rings is 1. The van der Waals surface area contributed by atoms with E-state index in [9.17, 15) is 0 Å². The fourth-order valence-corrected chi connectivity index (χ4v) is 4.60. The molecule has 0 radical (unpaired) electrons. The van der Waals surface area contributed by atoms with Gasteiger partial charge < -0.3 is 5.32 Å². The Hall–Kier alpha value is -1.59. The number of rotatable bonds is 3. The van der Waals surface area contributed by atoms with E-state index in [4.69, 9.17) is 5.10 Å². The van der Waals surface area contributed by atoms with Crippen molar-refractivity contribution in [1.29, 1.82) is 0 Å². The smallest absolute Gasteiger partial charge is 0.133 e. The fraction of sp³-hybridized carbons (Fsp3) is 0.316. The van der Waals surface area contributed by atoms with E-state index in [1.165, 1.54) is 28.8 Å². The molecule has 0 amide bonds. The van der Waals surface area contributed by atoms with Crippen molar-refractivity contribution in [3.8, 4) is 16.3 Å². The number of halogens is 1. The molecule has 2 aromatic heterocycles. The molecule has 24 heavy (non-hydrogen) atoms. The highest BCUT2D eigenvalue weighted by atomic mass is 79.9. The van der Waals surface area contributed by atoms with Gasteiger partial charge in [-0.25, -0.2) is 4.68 Å². The van der Waals surface area contributed by atoms with Crippen LogP contribution in [0.15, 0.2) is 40.2 Å². The zero-order chi connectivity index (χ0) is 16.5. The summed E-state index contributed by atoms with van der Waals surface area (Å²) in [5.74, 6) is 1.16. The Balaban J connectivity index is 1.85. The Morgan fingerprint density at radius 2 is 2.00 bits per heavy atom. The topological polar surface area (TPSA) is 29.9 Å². The van der Waals surface area contributed by atoms with E-state index >= 15 is 0 Å². The zero-order valence-corrected chi connectivity index (χ0v) is 16.1. The van der Waals surface area contributed by atoms with Crippen LogP contribution in [0.1, 0.15) is 30.9 Å². The highest BCUT2D eigenvalue weighted by Crippen LogP contribution is 2.38. The molecule has 0 fully saturated rings. The second kappa shape index (κ2) is 6.73. The van der Waals surface area contributed by atoms with E-state index in [1.807, 2.05) is 0 Å². The Morgan fingerprint density at radius 1 is 1.17 bits per heavy atom. The van der Waals surface area contributed by atoms with Crippen molar-refractivity contribution in [2.24, 2.45) is 0 Å². The maximum absolute atomic E-state index is 4.99. The summed E-state index contributed by atoms with van der Waals surface area (Å²) in [5.41, 5.74) is 4.95. The molecule has 3 heterocycles. The molecule has 1 aliphatic rings. The van der Waals surface area contributed by atoms with Gasteiger partial charge in [-0.3, -0.25) is 0 Å². The van der Waals surface area contributed by atoms with E-state index in [1.54, 1.807) is 11.3 Å². The summed E-state index contributed by atoms with van der Waals surface area (Å²) >= 11 is 5.32. The Kier molecular flexibility index (Phi) is 4.46. The second-order valence-corrected chi connectivity index (χ2v) is 8.56. The molecule has 1 N–H and O–H groups in total. The SMILES string of the molecule is CCc1ccc(-n2nc(-c3ccc(Br)s3)c3c2NCCCC3)cc1. The van der Waals surface area contributed by atoms with Crippen molar-refractivity contribution >= 4 is 33.1 Å². The van der Waals surface area contributed by atoms with Gasteiger partial charge in [0.05, 0.1) is 14.4 Å². The fourth-order valence-electron chi connectivity index (χ4n) is 3.20. The number of hydrogen-bond acceptors (Lipinski definition) is 3. The molecule has 0 saturated heterocycles. The third kappa shape index (κ3) is 2.91. The summed E-state index contributed by atoms with van der Waals surface area (Å²) in [7, 11) is 0. The van der Waals surface area contributed by atoms with Gasteiger partial charge in [-0.1, -0.05) is 19.1 Å². The number of aryl methyl sites for hydroxylation is 1. The van der Waals surface area contributed by atoms with Crippen LogP contribution in [0, 0.1) is 0 Å². The molecular weight excluding hydrogens is 382 g/mol. The summed E-state index contributed by atoms with van der Waals surface area (Å²) in [4.78, 5) is 1.23. The Labute approximate surface area is 154 Å². The van der Waals surface area contributed by atoms with Gasteiger partial charge in [0, 0.05) is 12.1 Å². The van der Waals surface area contributed by atoms with Crippen LogP contribution in [0.5, 0.6) is 0 Å². The first-order valence-corrected chi connectivity index (χ1v) is 10.1. The lowest BCUT2D eigenvalue weighted by atomic mass is 10.1. The molecular formula is C19H20BrN3S. The van der Waals surface area contributed by atoms with Crippen molar-refractivity contribution in [2.75, 3.05) is 11.9 Å². The summed E-state index contributed by atoms with van der Waals surface area (Å²) < 4.78 is 3.23. The number of nitrogens with zero attached hydrogens (tertiary/aromatic N) is 2. The molecule has 3 aromatic rings. The lowest BCUT2D eigenvalue weighted by Gasteiger charge is -2.09. The summed E-state index contributed by atoms with van der Waals surface area (Å²) in [6.07, 6.45) is 4.56. The third-order valence-electron chi connectivity index (χ3n) is 4.53. The normalized spacial score (nSPS) is 14.1. The standard InChI is InChI=1S/C19H20BrN3S/c1-2-13-6-8-14(9-7-13)23-19-15(5-3-4-12-21-19)18(22-23)16-10-11-17(20)24-16/h6-11,21H,2-5,12H2,1H3. The summed E-state index contributed by atoms with van der Waals surface area (Å²) in [6.45, 7) is 3.20. The molecule has 1 aliphatic heterocycles. The van der Waals surface area contributed by atoms with Crippen LogP contribution in [-0.2, 0) is 12.8 Å². The van der Waals surface area contributed by atoms with Crippen molar-refractivity contribution in [1.82, 2.24) is 9.78 Å². The van der Waals surface area contributed by atoms with Crippen molar-refractivity contribution in [3.63, 3.8) is 0 Å². The lowest BCUT2D eigenvalue weighted by molar-refractivity contribution is 0.780. The maximum atomic E-state index is 4.99. The first kappa shape index (κ1) is 15.9. The molecule has 0 spiro atoms. The molecule has 124 valence electrons. The van der Waals surface area contributed by atoms with E-state index in [2.05, 4.69) is 69.3 Å². The molecule has 0 atom stereocenters. The number of hydrogen-bond donors (Lipinski definition) is 1. The van der Waals surface area contributed by atoms with Gasteiger partial charge in [0.15, 0.2) is 0 Å². The van der Waals surface area contributed by atoms with Gasteiger partial charge >= 0.3 is 0 Å². The minimum Gasteiger partial charge on any atom is -0.370 e. The molecule has 0 saturated carbocycles. The van der Waals surface area contributed by atoms with Crippen LogP contribution >= 0.6 is 27.3 Å². The Bertz CT molecular complexity index is 848. The number of benzene rings is 1. The molecule has 5 heteroatoms. The monoisotopic (exact) mass is 401 g/mol. The van der Waals surface area contributed by atoms with Gasteiger partial charge in [0.25, 0.3) is 0 Å². The van der Waals surface area contributed by atoms with Crippen molar-refractivity contribution in [3.05, 3.63) is 51.3 Å². The van der Waals surface area contributed by atoms with Crippen LogP contribution in [0.4, 0.5) is 5.82 Å². The maximum Gasteiger partial charge on any atom is 0.133 e. The van der Waals surface area contributed by atoms with Crippen LogP contribution in [0.25, 0.3) is 16.3 Å². The predicted octanol–water partition coefficient (Wildman–Crippen LogP) is 5.67. The number of aromatic nitrogens is 2. The highest BCUT2D eigenvalue weighted by molar-refractivity contribution is 9.11. The van der Waals surface area contributed by atoms with Crippen LogP contribution in [0.3, 0.4) is 0 Å². The zero-order valence-electron chi connectivity index (χ0n) is 13.7. The number of anilines is 1. The molecule has 4 rings (SSSR count).